The first-order valence-corrected chi connectivity index (χ1v) is 16.5. The number of hydrogen-bond donors (Lipinski definition) is 0. The second-order valence-electron chi connectivity index (χ2n) is 11.8. The molecule has 2 aromatic heterocycles. The fraction of sp³-hybridized carbons (Fsp3) is 0. The van der Waals surface area contributed by atoms with Gasteiger partial charge >= 0.3 is 0 Å². The lowest BCUT2D eigenvalue weighted by Crippen LogP contribution is -1.96. The van der Waals surface area contributed by atoms with Crippen molar-refractivity contribution in [2.75, 3.05) is 0 Å². The molecule has 0 bridgehead atoms. The number of hydrogen-bond acceptors (Lipinski definition) is 1. The third-order valence-corrected chi connectivity index (χ3v) is 9.93. The molecule has 9 rings (SSSR count). The molecule has 0 fully saturated rings. The van der Waals surface area contributed by atoms with Crippen LogP contribution in [0.3, 0.4) is 0 Å². The highest BCUT2D eigenvalue weighted by Gasteiger charge is 2.17. The van der Waals surface area contributed by atoms with E-state index in [0.29, 0.717) is 0 Å². The van der Waals surface area contributed by atoms with Crippen molar-refractivity contribution in [1.29, 1.82) is 0 Å². The van der Waals surface area contributed by atoms with Gasteiger partial charge in [-0.1, -0.05) is 121 Å². The molecule has 9 aromatic rings. The molecule has 216 valence electrons. The van der Waals surface area contributed by atoms with Crippen molar-refractivity contribution in [3.8, 4) is 50.2 Å². The van der Waals surface area contributed by atoms with Crippen LogP contribution in [0.1, 0.15) is 0 Å². The van der Waals surface area contributed by atoms with Crippen LogP contribution in [0.15, 0.2) is 175 Å². The Hall–Kier alpha value is -5.70. The molecule has 0 atom stereocenters. The number of nitrogens with zero attached hydrogens (tertiary/aromatic N) is 1. The molecule has 0 aliphatic carbocycles. The third kappa shape index (κ3) is 4.63. The summed E-state index contributed by atoms with van der Waals surface area (Å²) in [6, 6.07) is 61.9. The third-order valence-electron chi connectivity index (χ3n) is 9.05. The highest BCUT2D eigenvalue weighted by molar-refractivity contribution is 7.17. The van der Waals surface area contributed by atoms with E-state index in [2.05, 4.69) is 180 Å². The largest absolute Gasteiger partial charge is 0.309 e. The Labute approximate surface area is 272 Å². The highest BCUT2D eigenvalue weighted by atomic mass is 32.1. The normalized spacial score (nSPS) is 11.5. The minimum atomic E-state index is 1.16. The molecule has 0 amide bonds. The van der Waals surface area contributed by atoms with Crippen molar-refractivity contribution in [3.05, 3.63) is 175 Å². The maximum absolute atomic E-state index is 2.46. The van der Waals surface area contributed by atoms with Gasteiger partial charge in [0.25, 0.3) is 0 Å². The molecule has 7 aromatic carbocycles. The van der Waals surface area contributed by atoms with Crippen molar-refractivity contribution in [1.82, 2.24) is 4.57 Å². The SMILES string of the molecule is c1ccc(-c2ccc(-c3ccc4c(c3)c3cc5sccc5cc3n4-c3cc(-c4ccccc4)cc(-c4ccccc4)c3)cc2)cc1. The van der Waals surface area contributed by atoms with Crippen LogP contribution in [-0.2, 0) is 0 Å². The topological polar surface area (TPSA) is 4.93 Å². The summed E-state index contributed by atoms with van der Waals surface area (Å²) in [6.07, 6.45) is 0. The van der Waals surface area contributed by atoms with E-state index in [4.69, 9.17) is 0 Å². The van der Waals surface area contributed by atoms with Gasteiger partial charge in [0, 0.05) is 21.2 Å². The molecule has 0 aliphatic heterocycles. The maximum atomic E-state index is 2.46. The Morgan fingerprint density at radius 3 is 1.46 bits per heavy atom. The van der Waals surface area contributed by atoms with Crippen molar-refractivity contribution in [2.24, 2.45) is 0 Å². The predicted octanol–water partition coefficient (Wildman–Crippen LogP) is 12.7. The van der Waals surface area contributed by atoms with Gasteiger partial charge < -0.3 is 4.57 Å². The van der Waals surface area contributed by atoms with Crippen LogP contribution in [0.4, 0.5) is 0 Å². The number of rotatable bonds is 5. The predicted molar refractivity (Wildman–Crippen MR) is 198 cm³/mol. The van der Waals surface area contributed by atoms with Crippen LogP contribution < -0.4 is 0 Å². The summed E-state index contributed by atoms with van der Waals surface area (Å²) in [6.45, 7) is 0. The summed E-state index contributed by atoms with van der Waals surface area (Å²) in [5.41, 5.74) is 13.3. The van der Waals surface area contributed by atoms with Crippen LogP contribution in [0, 0.1) is 0 Å². The van der Waals surface area contributed by atoms with Gasteiger partial charge in [-0.3, -0.25) is 0 Å². The molecule has 0 saturated heterocycles. The fourth-order valence-corrected chi connectivity index (χ4v) is 7.56. The van der Waals surface area contributed by atoms with Gasteiger partial charge in [-0.05, 0) is 104 Å². The van der Waals surface area contributed by atoms with Crippen LogP contribution in [0.2, 0.25) is 0 Å². The van der Waals surface area contributed by atoms with E-state index in [-0.39, 0.29) is 0 Å². The summed E-state index contributed by atoms with van der Waals surface area (Å²) in [7, 11) is 0. The highest BCUT2D eigenvalue weighted by Crippen LogP contribution is 2.40. The molecule has 0 radical (unpaired) electrons. The van der Waals surface area contributed by atoms with Crippen molar-refractivity contribution in [3.63, 3.8) is 0 Å². The first-order valence-electron chi connectivity index (χ1n) is 15.7. The molecule has 2 heteroatoms. The van der Waals surface area contributed by atoms with Gasteiger partial charge in [-0.2, -0.15) is 0 Å². The Kier molecular flexibility index (Phi) is 6.40. The van der Waals surface area contributed by atoms with Crippen LogP contribution in [0.5, 0.6) is 0 Å². The Morgan fingerprint density at radius 2 is 0.848 bits per heavy atom. The summed E-state index contributed by atoms with van der Waals surface area (Å²) in [5.74, 6) is 0. The summed E-state index contributed by atoms with van der Waals surface area (Å²) in [4.78, 5) is 0. The fourth-order valence-electron chi connectivity index (χ4n) is 6.75. The van der Waals surface area contributed by atoms with E-state index in [0.717, 1.165) is 5.69 Å². The molecule has 0 saturated carbocycles. The van der Waals surface area contributed by atoms with Crippen molar-refractivity contribution >= 4 is 43.2 Å². The summed E-state index contributed by atoms with van der Waals surface area (Å²) in [5, 5.41) is 6.01. The van der Waals surface area contributed by atoms with E-state index in [1.54, 1.807) is 11.3 Å². The van der Waals surface area contributed by atoms with Crippen LogP contribution >= 0.6 is 11.3 Å². The Morgan fingerprint density at radius 1 is 0.348 bits per heavy atom. The smallest absolute Gasteiger partial charge is 0.0548 e. The van der Waals surface area contributed by atoms with Gasteiger partial charge in [-0.25, -0.2) is 0 Å². The standard InChI is InChI=1S/C44H29NS/c1-4-10-30(11-5-1)33-16-18-34(19-17-33)35-20-21-42-40(27-35)41-29-44-36(22-23-46-44)28-43(41)45(42)39-25-37(31-12-6-2-7-13-31)24-38(26-39)32-14-8-3-9-15-32/h1-29H. The van der Waals surface area contributed by atoms with E-state index >= 15 is 0 Å². The van der Waals surface area contributed by atoms with E-state index in [9.17, 15) is 0 Å². The number of aromatic nitrogens is 1. The lowest BCUT2D eigenvalue weighted by atomic mass is 9.98. The molecular weight excluding hydrogens is 575 g/mol. The molecule has 46 heavy (non-hydrogen) atoms. The van der Waals surface area contributed by atoms with E-state index < -0.39 is 0 Å². The number of thiophene rings is 1. The molecule has 0 unspecified atom stereocenters. The van der Waals surface area contributed by atoms with Crippen LogP contribution in [-0.4, -0.2) is 4.57 Å². The van der Waals surface area contributed by atoms with E-state index in [1.807, 2.05) is 0 Å². The average Bonchev–Trinajstić information content (AvgIpc) is 3.73. The monoisotopic (exact) mass is 603 g/mol. The van der Waals surface area contributed by atoms with Gasteiger partial charge in [0.1, 0.15) is 0 Å². The second-order valence-corrected chi connectivity index (χ2v) is 12.8. The van der Waals surface area contributed by atoms with Gasteiger partial charge in [0.15, 0.2) is 0 Å². The molecule has 0 N–H and O–H groups in total. The Balaban J connectivity index is 1.27. The second kappa shape index (κ2) is 11.0. The summed E-state index contributed by atoms with van der Waals surface area (Å²) >= 11 is 1.81. The molecule has 2 heterocycles. The zero-order valence-corrected chi connectivity index (χ0v) is 25.9. The van der Waals surface area contributed by atoms with E-state index in [1.165, 1.54) is 76.4 Å². The minimum Gasteiger partial charge on any atom is -0.309 e. The molecule has 1 nitrogen and oxygen atoms in total. The molecule has 0 spiro atoms. The van der Waals surface area contributed by atoms with Gasteiger partial charge in [-0.15, -0.1) is 11.3 Å². The lowest BCUT2D eigenvalue weighted by molar-refractivity contribution is 1.18. The first kappa shape index (κ1) is 26.7. The zero-order valence-electron chi connectivity index (χ0n) is 25.1. The van der Waals surface area contributed by atoms with Crippen molar-refractivity contribution < 1.29 is 0 Å². The lowest BCUT2D eigenvalue weighted by Gasteiger charge is -2.14. The zero-order chi connectivity index (χ0) is 30.5. The number of benzene rings is 7. The Bertz CT molecular complexity index is 2430. The maximum Gasteiger partial charge on any atom is 0.0548 e. The molecule has 0 aliphatic rings. The van der Waals surface area contributed by atoms with Crippen LogP contribution in [0.25, 0.3) is 82.1 Å². The first-order chi connectivity index (χ1) is 22.8. The molecular formula is C44H29NS. The van der Waals surface area contributed by atoms with Gasteiger partial charge in [0.2, 0.25) is 0 Å². The quantitative estimate of drug-likeness (QED) is 0.184. The van der Waals surface area contributed by atoms with Gasteiger partial charge in [0.05, 0.1) is 11.0 Å². The summed E-state index contributed by atoms with van der Waals surface area (Å²) < 4.78 is 3.77. The van der Waals surface area contributed by atoms with Crippen molar-refractivity contribution in [2.45, 2.75) is 0 Å². The minimum absolute atomic E-state index is 1.16. The number of fused-ring (bicyclic) bond motifs is 4. The average molecular weight is 604 g/mol.